The molecule has 4 nitrogen and oxygen atoms in total. The standard InChI is InChI=1S/C23H23ClN2O2/c1-4-15(2)16-7-10-18(11-8-16)26-23(27)17-9-12-19(20(24)14-17)22-21(28-3)6-5-13-25-22/h5-15H,4H2,1-3H3,(H,26,27). The van der Waals surface area contributed by atoms with Gasteiger partial charge in [-0.15, -0.1) is 0 Å². The largest absolute Gasteiger partial charge is 0.494 e. The van der Waals surface area contributed by atoms with Crippen molar-refractivity contribution in [3.8, 4) is 17.0 Å². The van der Waals surface area contributed by atoms with Gasteiger partial charge in [-0.2, -0.15) is 0 Å². The van der Waals surface area contributed by atoms with Gasteiger partial charge in [0, 0.05) is 23.0 Å². The molecular formula is C23H23ClN2O2. The summed E-state index contributed by atoms with van der Waals surface area (Å²) in [6, 6.07) is 16.7. The summed E-state index contributed by atoms with van der Waals surface area (Å²) < 4.78 is 5.35. The van der Waals surface area contributed by atoms with Crippen LogP contribution < -0.4 is 10.1 Å². The second-order valence-corrected chi connectivity index (χ2v) is 7.04. The number of benzene rings is 2. The summed E-state index contributed by atoms with van der Waals surface area (Å²) in [5, 5.41) is 3.35. The molecule has 0 saturated heterocycles. The second-order valence-electron chi connectivity index (χ2n) is 6.63. The highest BCUT2D eigenvalue weighted by molar-refractivity contribution is 6.33. The first kappa shape index (κ1) is 19.9. The van der Waals surface area contributed by atoms with E-state index in [9.17, 15) is 4.79 Å². The van der Waals surface area contributed by atoms with Crippen molar-refractivity contribution < 1.29 is 9.53 Å². The van der Waals surface area contributed by atoms with Gasteiger partial charge >= 0.3 is 0 Å². The van der Waals surface area contributed by atoms with Gasteiger partial charge in [0.05, 0.1) is 12.1 Å². The number of ether oxygens (including phenoxy) is 1. The average Bonchev–Trinajstić information content (AvgIpc) is 2.73. The zero-order valence-corrected chi connectivity index (χ0v) is 17.0. The second kappa shape index (κ2) is 8.89. The van der Waals surface area contributed by atoms with E-state index >= 15 is 0 Å². The summed E-state index contributed by atoms with van der Waals surface area (Å²) in [5.74, 6) is 0.917. The Morgan fingerprint density at radius 1 is 1.18 bits per heavy atom. The highest BCUT2D eigenvalue weighted by Crippen LogP contribution is 2.33. The van der Waals surface area contributed by atoms with Crippen molar-refractivity contribution in [2.24, 2.45) is 0 Å². The topological polar surface area (TPSA) is 51.2 Å². The summed E-state index contributed by atoms with van der Waals surface area (Å²) >= 11 is 6.44. The normalized spacial score (nSPS) is 11.7. The predicted octanol–water partition coefficient (Wildman–Crippen LogP) is 6.18. The lowest BCUT2D eigenvalue weighted by Crippen LogP contribution is -2.12. The van der Waals surface area contributed by atoms with Crippen LogP contribution in [0.4, 0.5) is 5.69 Å². The maximum Gasteiger partial charge on any atom is 0.255 e. The Hall–Kier alpha value is -2.85. The SMILES string of the molecule is CCC(C)c1ccc(NC(=O)c2ccc(-c3ncccc3OC)c(Cl)c2)cc1. The van der Waals surface area contributed by atoms with Crippen LogP contribution >= 0.6 is 11.6 Å². The Labute approximate surface area is 170 Å². The van der Waals surface area contributed by atoms with E-state index in [0.717, 1.165) is 12.1 Å². The van der Waals surface area contributed by atoms with Crippen LogP contribution in [0, 0.1) is 0 Å². The van der Waals surface area contributed by atoms with Crippen molar-refractivity contribution in [2.75, 3.05) is 12.4 Å². The molecule has 0 bridgehead atoms. The molecule has 3 rings (SSSR count). The number of hydrogen-bond donors (Lipinski definition) is 1. The van der Waals surface area contributed by atoms with Crippen molar-refractivity contribution in [2.45, 2.75) is 26.2 Å². The van der Waals surface area contributed by atoms with Crippen molar-refractivity contribution >= 4 is 23.2 Å². The molecule has 1 heterocycles. The van der Waals surface area contributed by atoms with Crippen LogP contribution in [0.3, 0.4) is 0 Å². The number of carbonyl (C=O) groups is 1. The Balaban J connectivity index is 1.79. The van der Waals surface area contributed by atoms with Crippen LogP contribution in [0.15, 0.2) is 60.8 Å². The van der Waals surface area contributed by atoms with E-state index in [1.165, 1.54) is 5.56 Å². The van der Waals surface area contributed by atoms with Gasteiger partial charge in [0.2, 0.25) is 0 Å². The maximum absolute atomic E-state index is 12.6. The quantitative estimate of drug-likeness (QED) is 0.543. The van der Waals surface area contributed by atoms with Gasteiger partial charge < -0.3 is 10.1 Å². The lowest BCUT2D eigenvalue weighted by molar-refractivity contribution is 0.102. The van der Waals surface area contributed by atoms with Gasteiger partial charge in [-0.25, -0.2) is 0 Å². The molecule has 0 aliphatic rings. The highest BCUT2D eigenvalue weighted by Gasteiger charge is 2.14. The van der Waals surface area contributed by atoms with Gasteiger partial charge in [0.25, 0.3) is 5.91 Å². The minimum absolute atomic E-state index is 0.210. The van der Waals surface area contributed by atoms with Crippen LogP contribution in [0.1, 0.15) is 42.1 Å². The van der Waals surface area contributed by atoms with Gasteiger partial charge in [0.1, 0.15) is 11.4 Å². The van der Waals surface area contributed by atoms with Crippen molar-refractivity contribution in [1.29, 1.82) is 0 Å². The van der Waals surface area contributed by atoms with Crippen LogP contribution in [0.2, 0.25) is 5.02 Å². The maximum atomic E-state index is 12.6. The zero-order valence-electron chi connectivity index (χ0n) is 16.2. The van der Waals surface area contributed by atoms with E-state index in [1.807, 2.05) is 30.3 Å². The highest BCUT2D eigenvalue weighted by atomic mass is 35.5. The lowest BCUT2D eigenvalue weighted by Gasteiger charge is -2.12. The van der Waals surface area contributed by atoms with Crippen LogP contribution in [0.25, 0.3) is 11.3 Å². The Morgan fingerprint density at radius 2 is 1.93 bits per heavy atom. The minimum atomic E-state index is -0.210. The molecule has 5 heteroatoms. The molecule has 0 spiro atoms. The smallest absolute Gasteiger partial charge is 0.255 e. The molecule has 0 aliphatic carbocycles. The Kier molecular flexibility index (Phi) is 6.32. The van der Waals surface area contributed by atoms with Crippen LogP contribution in [0.5, 0.6) is 5.75 Å². The number of anilines is 1. The molecule has 1 amide bonds. The lowest BCUT2D eigenvalue weighted by atomic mass is 9.98. The molecule has 0 saturated carbocycles. The minimum Gasteiger partial charge on any atom is -0.494 e. The third kappa shape index (κ3) is 4.34. The summed E-state index contributed by atoms with van der Waals surface area (Å²) in [4.78, 5) is 16.9. The fourth-order valence-electron chi connectivity index (χ4n) is 2.94. The van der Waals surface area contributed by atoms with Gasteiger partial charge in [-0.3, -0.25) is 9.78 Å². The van der Waals surface area contributed by atoms with Gasteiger partial charge in [0.15, 0.2) is 0 Å². The van der Waals surface area contributed by atoms with E-state index in [0.29, 0.717) is 33.5 Å². The first-order valence-electron chi connectivity index (χ1n) is 9.23. The molecule has 28 heavy (non-hydrogen) atoms. The fourth-order valence-corrected chi connectivity index (χ4v) is 3.21. The summed E-state index contributed by atoms with van der Waals surface area (Å²) in [7, 11) is 1.59. The molecule has 1 N–H and O–H groups in total. The van der Waals surface area contributed by atoms with Crippen molar-refractivity contribution in [3.05, 3.63) is 76.9 Å². The van der Waals surface area contributed by atoms with Crippen LogP contribution in [-0.4, -0.2) is 18.0 Å². The number of pyridine rings is 1. The Morgan fingerprint density at radius 3 is 2.57 bits per heavy atom. The zero-order chi connectivity index (χ0) is 20.1. The molecule has 2 aromatic carbocycles. The molecule has 0 fully saturated rings. The number of rotatable bonds is 6. The molecule has 1 unspecified atom stereocenters. The molecule has 0 aliphatic heterocycles. The summed E-state index contributed by atoms with van der Waals surface area (Å²) in [6.45, 7) is 4.35. The number of methoxy groups -OCH3 is 1. The average molecular weight is 395 g/mol. The first-order chi connectivity index (χ1) is 13.5. The number of aromatic nitrogens is 1. The molecule has 1 aromatic heterocycles. The van der Waals surface area contributed by atoms with E-state index in [2.05, 4.69) is 24.1 Å². The van der Waals surface area contributed by atoms with Gasteiger partial charge in [-0.1, -0.05) is 43.6 Å². The third-order valence-corrected chi connectivity index (χ3v) is 5.14. The van der Waals surface area contributed by atoms with E-state index in [1.54, 1.807) is 37.6 Å². The molecule has 0 radical (unpaired) electrons. The number of nitrogens with zero attached hydrogens (tertiary/aromatic N) is 1. The number of carbonyl (C=O) groups excluding carboxylic acids is 1. The summed E-state index contributed by atoms with van der Waals surface area (Å²) in [6.07, 6.45) is 2.76. The molecule has 144 valence electrons. The molecular weight excluding hydrogens is 372 g/mol. The van der Waals surface area contributed by atoms with Crippen LogP contribution in [-0.2, 0) is 0 Å². The van der Waals surface area contributed by atoms with E-state index in [-0.39, 0.29) is 5.91 Å². The molecule has 1 atom stereocenters. The monoisotopic (exact) mass is 394 g/mol. The van der Waals surface area contributed by atoms with E-state index in [4.69, 9.17) is 16.3 Å². The predicted molar refractivity (Wildman–Crippen MR) is 114 cm³/mol. The van der Waals surface area contributed by atoms with Gasteiger partial charge in [-0.05, 0) is 54.3 Å². The fraction of sp³-hybridized carbons (Fsp3) is 0.217. The van der Waals surface area contributed by atoms with Crippen molar-refractivity contribution in [1.82, 2.24) is 4.98 Å². The Bertz CT molecular complexity index is 971. The third-order valence-electron chi connectivity index (χ3n) is 4.83. The van der Waals surface area contributed by atoms with Crippen molar-refractivity contribution in [3.63, 3.8) is 0 Å². The number of halogens is 1. The first-order valence-corrected chi connectivity index (χ1v) is 9.61. The molecule has 3 aromatic rings. The number of nitrogens with one attached hydrogen (secondary N) is 1. The summed E-state index contributed by atoms with van der Waals surface area (Å²) in [5.41, 5.74) is 3.85. The number of amides is 1. The number of hydrogen-bond acceptors (Lipinski definition) is 3. The van der Waals surface area contributed by atoms with E-state index < -0.39 is 0 Å².